The van der Waals surface area contributed by atoms with Gasteiger partial charge in [0, 0.05) is 16.9 Å². The fourth-order valence-corrected chi connectivity index (χ4v) is 24.4. The van der Waals surface area contributed by atoms with E-state index in [1.165, 1.54) is 156 Å². The molecule has 2 nitrogen and oxygen atoms in total. The van der Waals surface area contributed by atoms with E-state index in [0.717, 1.165) is 48.7 Å². The third-order valence-electron chi connectivity index (χ3n) is 28.0. The standard InChI is InChI=1S/C16H18O.C14H16O.C12H18.2C10H16.C9H16.C8H16/c1-16(2)13-9-5-3-7-11(13)15(17)12-8-4-6-10-14(12)16;1-14(2)11-8-4-6-9-5-3-7-10(12(9)11)13(14)15;1-2-8-5-7(1)11-9-3-4-10(6-9)12(8)11;1-7-2-9-4-8(1)5-10(3-7)6-9;1-2-9-7-4-5-8(6-7)10(9)3-1;1-9(2)6-7-3-4-8(9)5-7;1-8(2)6-4-3-5-7-8/h3,5,7-11,13H,4,6H2,1-2H3;3,5-7,13,15H,4,8H2,1-2H3;7-12H,1-6H2;2*7-10H,1-6H2;7-8H,3-6H2,1-2H3;3-7H2,1-2H3. The normalized spacial score (nSPS) is 43.7. The maximum absolute atomic E-state index is 12.5. The molecule has 15 fully saturated rings. The number of hydrogen-bond acceptors (Lipinski definition) is 2. The molecule has 1 N–H and O–H groups in total. The molecule has 2 heteroatoms. The van der Waals surface area contributed by atoms with Gasteiger partial charge in [-0.25, -0.2) is 0 Å². The van der Waals surface area contributed by atoms with Gasteiger partial charge in [0.25, 0.3) is 0 Å². The minimum atomic E-state index is -0.325. The third kappa shape index (κ3) is 11.2. The van der Waals surface area contributed by atoms with E-state index in [1.807, 2.05) is 6.08 Å². The molecule has 0 aromatic heterocycles. The number of carbonyl (C=O) groups is 1. The lowest BCUT2D eigenvalue weighted by molar-refractivity contribution is -0.120. The lowest BCUT2D eigenvalue weighted by Crippen LogP contribution is -2.42. The second kappa shape index (κ2) is 23.0. The Bertz CT molecular complexity index is 2570. The minimum Gasteiger partial charge on any atom is -0.387 e. The second-order valence-corrected chi connectivity index (χ2v) is 34.5. The smallest absolute Gasteiger partial charge is 0.170 e. The first-order valence-electron chi connectivity index (χ1n) is 35.7. The number of rotatable bonds is 0. The van der Waals surface area contributed by atoms with Crippen LogP contribution in [0.4, 0.5) is 0 Å². The first kappa shape index (κ1) is 57.6. The van der Waals surface area contributed by atoms with Gasteiger partial charge in [0.05, 0.1) is 6.10 Å². The predicted octanol–water partition coefficient (Wildman–Crippen LogP) is 19.6. The zero-order valence-electron chi connectivity index (χ0n) is 53.0. The Morgan fingerprint density at radius 2 is 1.06 bits per heavy atom. The van der Waals surface area contributed by atoms with Crippen LogP contribution in [0.15, 0.2) is 65.8 Å². The van der Waals surface area contributed by atoms with Crippen LogP contribution >= 0.6 is 0 Å². The van der Waals surface area contributed by atoms with Crippen molar-refractivity contribution >= 4 is 17.4 Å². The molecule has 19 aliphatic rings. The average molecular weight is 1100 g/mol. The molecule has 0 heterocycles. The molecule has 0 amide bonds. The summed E-state index contributed by atoms with van der Waals surface area (Å²) in [7, 11) is 0. The topological polar surface area (TPSA) is 37.3 Å². The van der Waals surface area contributed by atoms with Gasteiger partial charge in [0.15, 0.2) is 5.78 Å². The van der Waals surface area contributed by atoms with Gasteiger partial charge in [-0.3, -0.25) is 4.79 Å². The fourth-order valence-electron chi connectivity index (χ4n) is 24.4. The van der Waals surface area contributed by atoms with E-state index in [-0.39, 0.29) is 22.9 Å². The van der Waals surface area contributed by atoms with Crippen LogP contribution in [0.25, 0.3) is 11.6 Å². The summed E-state index contributed by atoms with van der Waals surface area (Å²) in [6.07, 6.45) is 61.3. The number of hydrogen-bond donors (Lipinski definition) is 1. The molecule has 1 aromatic carbocycles. The molecule has 1 aromatic rings. The molecular formula is C79H116O2. The summed E-state index contributed by atoms with van der Waals surface area (Å²) in [5, 5.41) is 13.0. The van der Waals surface area contributed by atoms with Crippen molar-refractivity contribution < 1.29 is 9.90 Å². The van der Waals surface area contributed by atoms with Crippen molar-refractivity contribution in [2.45, 2.75) is 261 Å². The maximum Gasteiger partial charge on any atom is 0.170 e. The molecule has 12 bridgehead atoms. The van der Waals surface area contributed by atoms with Crippen LogP contribution in [0.3, 0.4) is 0 Å². The predicted molar refractivity (Wildman–Crippen MR) is 339 cm³/mol. The van der Waals surface area contributed by atoms with Crippen LogP contribution < -0.4 is 10.4 Å². The average Bonchev–Trinajstić information content (AvgIpc) is 4.46. The van der Waals surface area contributed by atoms with Gasteiger partial charge >= 0.3 is 0 Å². The SMILES string of the molecule is C1C2CC3CC1CC(C2)C3.C1CC2C3CCC(C3)C2C1.C1CC2CC1C1C3CCC(C3)C21.CC1(C)C2=CCCC=C2C(=O)C2C=CC=CC21.CC1(C)C2=c3c(cccc3=CCC2)C1O.CC1(C)CC2CCC1C2.CC1(C)CCCCC1. The fraction of sp³-hybridized carbons (Fsp3) is 0.785. The lowest BCUT2D eigenvalue weighted by Gasteiger charge is -2.49. The number of aliphatic hydroxyl groups is 1. The van der Waals surface area contributed by atoms with Crippen LogP contribution in [0.1, 0.15) is 266 Å². The Hall–Kier alpha value is -2.45. The van der Waals surface area contributed by atoms with Gasteiger partial charge < -0.3 is 5.11 Å². The van der Waals surface area contributed by atoms with Crippen molar-refractivity contribution in [3.63, 3.8) is 0 Å². The van der Waals surface area contributed by atoms with Crippen LogP contribution in [0.5, 0.6) is 0 Å². The van der Waals surface area contributed by atoms with Crippen molar-refractivity contribution in [1.29, 1.82) is 0 Å². The highest BCUT2D eigenvalue weighted by Gasteiger charge is 2.59. The molecule has 0 spiro atoms. The molecular weight excluding hydrogens is 981 g/mol. The summed E-state index contributed by atoms with van der Waals surface area (Å²) in [5.41, 5.74) is 6.23. The number of allylic oxidation sites excluding steroid dienone is 8. The second-order valence-electron chi connectivity index (χ2n) is 34.5. The van der Waals surface area contributed by atoms with E-state index in [4.69, 9.17) is 0 Å². The Labute approximate surface area is 495 Å². The molecule has 15 saturated carbocycles. The summed E-state index contributed by atoms with van der Waals surface area (Å²) in [5.74, 6) is 19.7. The summed E-state index contributed by atoms with van der Waals surface area (Å²) in [6.45, 7) is 18.5. The highest BCUT2D eigenvalue weighted by molar-refractivity contribution is 6.04. The highest BCUT2D eigenvalue weighted by atomic mass is 16.3. The monoisotopic (exact) mass is 1100 g/mol. The quantitative estimate of drug-likeness (QED) is 0.263. The van der Waals surface area contributed by atoms with E-state index in [9.17, 15) is 9.90 Å². The maximum atomic E-state index is 12.5. The number of benzene rings is 1. The first-order chi connectivity index (χ1) is 38.9. The van der Waals surface area contributed by atoms with E-state index >= 15 is 0 Å². The molecule has 19 aliphatic carbocycles. The molecule has 0 radical (unpaired) electrons. The van der Waals surface area contributed by atoms with Gasteiger partial charge in [-0.1, -0.05) is 154 Å². The van der Waals surface area contributed by atoms with Crippen LogP contribution in [-0.4, -0.2) is 10.9 Å². The van der Waals surface area contributed by atoms with E-state index in [0.29, 0.717) is 22.5 Å². The molecule has 0 saturated heterocycles. The number of carbonyl (C=O) groups excluding carboxylic acids is 1. The van der Waals surface area contributed by atoms with Crippen molar-refractivity contribution in [1.82, 2.24) is 0 Å². The van der Waals surface area contributed by atoms with Crippen molar-refractivity contribution in [3.8, 4) is 0 Å². The summed E-state index contributed by atoms with van der Waals surface area (Å²) in [6, 6.07) is 6.28. The number of Topliss-reactive ketones (excluding diaryl/α,β-unsaturated/α-hetero) is 1. The molecule has 13 unspecified atom stereocenters. The number of ketones is 1. The van der Waals surface area contributed by atoms with Crippen molar-refractivity contribution in [2.24, 2.45) is 128 Å². The Morgan fingerprint density at radius 1 is 0.506 bits per heavy atom. The number of aliphatic hydroxyl groups excluding tert-OH is 1. The largest absolute Gasteiger partial charge is 0.387 e. The summed E-state index contributed by atoms with van der Waals surface area (Å²) < 4.78 is 0. The minimum absolute atomic E-state index is 0.0523. The Balaban J connectivity index is 0.0000000902. The van der Waals surface area contributed by atoms with E-state index in [2.05, 4.69) is 110 Å². The van der Waals surface area contributed by atoms with Gasteiger partial charge in [-0.05, 0) is 305 Å². The Morgan fingerprint density at radius 3 is 1.58 bits per heavy atom. The van der Waals surface area contributed by atoms with Crippen molar-refractivity contribution in [3.05, 3.63) is 81.8 Å². The summed E-state index contributed by atoms with van der Waals surface area (Å²) in [4.78, 5) is 12.5. The van der Waals surface area contributed by atoms with Gasteiger partial charge in [0.2, 0.25) is 0 Å². The highest BCUT2D eigenvalue weighted by Crippen LogP contribution is 2.67. The van der Waals surface area contributed by atoms with Crippen molar-refractivity contribution in [2.75, 3.05) is 0 Å². The van der Waals surface area contributed by atoms with Gasteiger partial charge in [-0.2, -0.15) is 0 Å². The first-order valence-corrected chi connectivity index (χ1v) is 35.7. The molecule has 13 atom stereocenters. The molecule has 444 valence electrons. The van der Waals surface area contributed by atoms with Crippen LogP contribution in [-0.2, 0) is 4.79 Å². The third-order valence-corrected chi connectivity index (χ3v) is 28.0. The van der Waals surface area contributed by atoms with Gasteiger partial charge in [-0.15, -0.1) is 0 Å². The molecule has 0 aliphatic heterocycles. The van der Waals surface area contributed by atoms with Crippen LogP contribution in [0.2, 0.25) is 0 Å². The zero-order chi connectivity index (χ0) is 56.0. The van der Waals surface area contributed by atoms with Crippen LogP contribution in [0, 0.1) is 128 Å². The van der Waals surface area contributed by atoms with E-state index in [1.54, 1.807) is 122 Å². The molecule has 81 heavy (non-hydrogen) atoms. The van der Waals surface area contributed by atoms with Gasteiger partial charge in [0.1, 0.15) is 0 Å². The number of fused-ring (bicyclic) bond motifs is 18. The molecule has 20 rings (SSSR count). The lowest BCUT2D eigenvalue weighted by atomic mass is 9.56. The Kier molecular flexibility index (Phi) is 16.4. The zero-order valence-corrected chi connectivity index (χ0v) is 53.0. The van der Waals surface area contributed by atoms with E-state index < -0.39 is 0 Å². The summed E-state index contributed by atoms with van der Waals surface area (Å²) >= 11 is 0.